The molecule has 0 aliphatic heterocycles. The molecule has 0 saturated carbocycles. The first-order valence-electron chi connectivity index (χ1n) is 35.4. The molecule has 0 aliphatic rings. The molecule has 0 aromatic heterocycles. The molecule has 0 fully saturated rings. The average molecular weight is 1130 g/mol. The molecule has 0 radical (unpaired) electrons. The van der Waals surface area contributed by atoms with E-state index in [0.29, 0.717) is 19.3 Å². The Labute approximate surface area is 503 Å². The van der Waals surface area contributed by atoms with Gasteiger partial charge >= 0.3 is 17.9 Å². The molecular formula is C75H134O6. The zero-order valence-corrected chi connectivity index (χ0v) is 54.1. The van der Waals surface area contributed by atoms with Crippen LogP contribution in [0.25, 0.3) is 0 Å². The molecule has 1 unspecified atom stereocenters. The maximum absolute atomic E-state index is 12.9. The second kappa shape index (κ2) is 69.3. The standard InChI is InChI=1S/C75H134O6/c1-4-7-10-13-16-19-22-25-28-30-32-34-35-36-37-38-39-41-42-44-47-50-53-56-59-62-65-68-74(77)80-71-72(70-79-73(76)67-64-61-58-55-52-49-46-27-24-21-18-15-12-9-6-3)81-75(78)69-66-63-60-57-54-51-48-45-43-40-33-31-29-26-23-20-17-14-11-8-5-2/h8,11,17,20,26,29-30,32-33,40,45,48,72H,4-7,9-10,12-16,18-19,21-25,27-28,31,34-39,41-44,46-47,49-71H2,1-3H3/b11-8-,20-17-,29-26-,32-30-,40-33-,48-45-. The fourth-order valence-corrected chi connectivity index (χ4v) is 10.4. The fourth-order valence-electron chi connectivity index (χ4n) is 10.4. The van der Waals surface area contributed by atoms with Crippen molar-refractivity contribution in [2.24, 2.45) is 0 Å². The van der Waals surface area contributed by atoms with Crippen LogP contribution >= 0.6 is 0 Å². The molecule has 0 rings (SSSR count). The van der Waals surface area contributed by atoms with Gasteiger partial charge in [0.25, 0.3) is 0 Å². The Kier molecular flexibility index (Phi) is 66.6. The lowest BCUT2D eigenvalue weighted by Crippen LogP contribution is -2.30. The zero-order valence-electron chi connectivity index (χ0n) is 54.1. The third kappa shape index (κ3) is 67.5. The van der Waals surface area contributed by atoms with E-state index < -0.39 is 6.10 Å². The lowest BCUT2D eigenvalue weighted by Gasteiger charge is -2.18. The molecule has 0 aromatic rings. The van der Waals surface area contributed by atoms with Gasteiger partial charge in [0.15, 0.2) is 6.10 Å². The molecule has 81 heavy (non-hydrogen) atoms. The number of ether oxygens (including phenoxy) is 3. The quantitative estimate of drug-likeness (QED) is 0.0261. The number of carbonyl (C=O) groups excluding carboxylic acids is 3. The van der Waals surface area contributed by atoms with E-state index in [1.807, 2.05) is 0 Å². The Hall–Kier alpha value is -3.15. The Morgan fingerprint density at radius 3 is 0.765 bits per heavy atom. The molecular weight excluding hydrogens is 997 g/mol. The van der Waals surface area contributed by atoms with Gasteiger partial charge in [-0.2, -0.15) is 0 Å². The van der Waals surface area contributed by atoms with E-state index in [9.17, 15) is 14.4 Å². The van der Waals surface area contributed by atoms with Crippen LogP contribution in [0.3, 0.4) is 0 Å². The number of esters is 3. The van der Waals surface area contributed by atoms with Gasteiger partial charge in [0.05, 0.1) is 0 Å². The molecule has 0 saturated heterocycles. The van der Waals surface area contributed by atoms with Gasteiger partial charge < -0.3 is 14.2 Å². The average Bonchev–Trinajstić information content (AvgIpc) is 3.47. The first-order valence-corrected chi connectivity index (χ1v) is 35.4. The zero-order chi connectivity index (χ0) is 58.5. The van der Waals surface area contributed by atoms with Crippen LogP contribution in [-0.4, -0.2) is 37.2 Å². The third-order valence-electron chi connectivity index (χ3n) is 15.7. The van der Waals surface area contributed by atoms with E-state index in [1.165, 1.54) is 218 Å². The minimum absolute atomic E-state index is 0.0792. The van der Waals surface area contributed by atoms with E-state index in [4.69, 9.17) is 14.2 Å². The number of rotatable bonds is 65. The largest absolute Gasteiger partial charge is 0.462 e. The predicted octanol–water partition coefficient (Wildman–Crippen LogP) is 24.4. The maximum atomic E-state index is 12.9. The molecule has 1 atom stereocenters. The number of unbranched alkanes of at least 4 members (excludes halogenated alkanes) is 42. The van der Waals surface area contributed by atoms with Crippen LogP contribution < -0.4 is 0 Å². The van der Waals surface area contributed by atoms with Crippen LogP contribution in [0.15, 0.2) is 72.9 Å². The van der Waals surface area contributed by atoms with Gasteiger partial charge in [-0.15, -0.1) is 0 Å². The normalized spacial score (nSPS) is 12.5. The van der Waals surface area contributed by atoms with Crippen LogP contribution in [0, 0.1) is 0 Å². The van der Waals surface area contributed by atoms with E-state index >= 15 is 0 Å². The van der Waals surface area contributed by atoms with Crippen LogP contribution in [-0.2, 0) is 28.6 Å². The Morgan fingerprint density at radius 2 is 0.481 bits per heavy atom. The van der Waals surface area contributed by atoms with E-state index in [0.717, 1.165) is 109 Å². The molecule has 6 heteroatoms. The summed E-state index contributed by atoms with van der Waals surface area (Å²) in [7, 11) is 0. The summed E-state index contributed by atoms with van der Waals surface area (Å²) in [5, 5.41) is 0. The van der Waals surface area contributed by atoms with Gasteiger partial charge in [-0.3, -0.25) is 14.4 Å². The van der Waals surface area contributed by atoms with Crippen molar-refractivity contribution >= 4 is 17.9 Å². The molecule has 0 N–H and O–H groups in total. The number of carbonyl (C=O) groups is 3. The summed E-state index contributed by atoms with van der Waals surface area (Å²) in [5.41, 5.74) is 0. The van der Waals surface area contributed by atoms with Crippen molar-refractivity contribution in [3.05, 3.63) is 72.9 Å². The third-order valence-corrected chi connectivity index (χ3v) is 15.7. The topological polar surface area (TPSA) is 78.9 Å². The maximum Gasteiger partial charge on any atom is 0.306 e. The minimum atomic E-state index is -0.786. The highest BCUT2D eigenvalue weighted by molar-refractivity contribution is 5.71. The minimum Gasteiger partial charge on any atom is -0.462 e. The molecule has 0 heterocycles. The lowest BCUT2D eigenvalue weighted by molar-refractivity contribution is -0.167. The summed E-state index contributed by atoms with van der Waals surface area (Å²) in [6, 6.07) is 0. The summed E-state index contributed by atoms with van der Waals surface area (Å²) < 4.78 is 17.0. The van der Waals surface area contributed by atoms with Crippen molar-refractivity contribution in [2.75, 3.05) is 13.2 Å². The van der Waals surface area contributed by atoms with Gasteiger partial charge in [0.1, 0.15) is 13.2 Å². The predicted molar refractivity (Wildman–Crippen MR) is 353 cm³/mol. The van der Waals surface area contributed by atoms with E-state index in [1.54, 1.807) is 0 Å². The summed E-state index contributed by atoms with van der Waals surface area (Å²) in [5.74, 6) is -0.876. The van der Waals surface area contributed by atoms with Crippen LogP contribution in [0.1, 0.15) is 367 Å². The van der Waals surface area contributed by atoms with Crippen molar-refractivity contribution in [1.29, 1.82) is 0 Å². The Bertz CT molecular complexity index is 1490. The summed E-state index contributed by atoms with van der Waals surface area (Å²) in [4.78, 5) is 38.4. The van der Waals surface area contributed by atoms with Gasteiger partial charge in [-0.1, -0.05) is 331 Å². The molecule has 0 aliphatic carbocycles. The van der Waals surface area contributed by atoms with Crippen molar-refractivity contribution in [1.82, 2.24) is 0 Å². The second-order valence-corrected chi connectivity index (χ2v) is 23.8. The monoisotopic (exact) mass is 1130 g/mol. The molecule has 0 amide bonds. The molecule has 6 nitrogen and oxygen atoms in total. The SMILES string of the molecule is CC/C=C\C/C=C\C/C=C\C/C=C\C/C=C\CCCCCCCC(=O)OC(COC(=O)CCCCCCCCCCCCCCCCC)COC(=O)CCCCCCCCCCCCCCCCC/C=C\CCCCCCCCCC. The van der Waals surface area contributed by atoms with Crippen LogP contribution in [0.4, 0.5) is 0 Å². The van der Waals surface area contributed by atoms with Crippen molar-refractivity contribution in [2.45, 2.75) is 374 Å². The molecule has 0 aromatic carbocycles. The number of allylic oxidation sites excluding steroid dienone is 12. The Balaban J connectivity index is 4.30. The van der Waals surface area contributed by atoms with Gasteiger partial charge in [-0.05, 0) is 89.9 Å². The van der Waals surface area contributed by atoms with Gasteiger partial charge in [0.2, 0.25) is 0 Å². The number of hydrogen-bond donors (Lipinski definition) is 0. The summed E-state index contributed by atoms with van der Waals surface area (Å²) in [6.07, 6.45) is 90.7. The smallest absolute Gasteiger partial charge is 0.306 e. The van der Waals surface area contributed by atoms with Crippen molar-refractivity contribution in [3.8, 4) is 0 Å². The fraction of sp³-hybridized carbons (Fsp3) is 0.800. The van der Waals surface area contributed by atoms with Gasteiger partial charge in [0, 0.05) is 19.3 Å². The highest BCUT2D eigenvalue weighted by Gasteiger charge is 2.19. The van der Waals surface area contributed by atoms with E-state index in [2.05, 4.69) is 93.7 Å². The summed E-state index contributed by atoms with van der Waals surface area (Å²) >= 11 is 0. The molecule has 0 bridgehead atoms. The molecule has 0 spiro atoms. The first-order chi connectivity index (χ1) is 40.0. The Morgan fingerprint density at radius 1 is 0.259 bits per heavy atom. The van der Waals surface area contributed by atoms with Crippen molar-refractivity contribution in [3.63, 3.8) is 0 Å². The highest BCUT2D eigenvalue weighted by atomic mass is 16.6. The van der Waals surface area contributed by atoms with Gasteiger partial charge in [-0.25, -0.2) is 0 Å². The lowest BCUT2D eigenvalue weighted by atomic mass is 10.0. The van der Waals surface area contributed by atoms with Crippen LogP contribution in [0.5, 0.6) is 0 Å². The number of hydrogen-bond acceptors (Lipinski definition) is 6. The van der Waals surface area contributed by atoms with Crippen LogP contribution in [0.2, 0.25) is 0 Å². The highest BCUT2D eigenvalue weighted by Crippen LogP contribution is 2.18. The first kappa shape index (κ1) is 77.9. The van der Waals surface area contributed by atoms with E-state index in [-0.39, 0.29) is 31.1 Å². The molecule has 470 valence electrons. The van der Waals surface area contributed by atoms with Crippen molar-refractivity contribution < 1.29 is 28.6 Å². The second-order valence-electron chi connectivity index (χ2n) is 23.8. The summed E-state index contributed by atoms with van der Waals surface area (Å²) in [6.45, 7) is 6.57.